The van der Waals surface area contributed by atoms with Crippen molar-refractivity contribution in [3.05, 3.63) is 24.2 Å². The predicted molar refractivity (Wildman–Crippen MR) is 54.5 cm³/mol. The van der Waals surface area contributed by atoms with Crippen molar-refractivity contribution in [1.82, 2.24) is 5.32 Å². The maximum absolute atomic E-state index is 5.24. The molecule has 0 fully saturated rings. The van der Waals surface area contributed by atoms with E-state index in [2.05, 4.69) is 19.2 Å². The molecule has 1 heterocycles. The average Bonchev–Trinajstić information content (AvgIpc) is 2.64. The number of hydrogen-bond donors (Lipinski definition) is 1. The fourth-order valence-corrected chi connectivity index (χ4v) is 1.46. The molecule has 1 aromatic rings. The fourth-order valence-electron chi connectivity index (χ4n) is 1.46. The Labute approximate surface area is 80.3 Å². The Hall–Kier alpha value is -0.760. The summed E-state index contributed by atoms with van der Waals surface area (Å²) in [6, 6.07) is 4.57. The average molecular weight is 181 g/mol. The number of rotatable bonds is 6. The van der Waals surface area contributed by atoms with Crippen LogP contribution in [0, 0.1) is 0 Å². The molecule has 0 aliphatic carbocycles. The van der Waals surface area contributed by atoms with Gasteiger partial charge in [0, 0.05) is 6.04 Å². The van der Waals surface area contributed by atoms with E-state index in [1.165, 1.54) is 19.3 Å². The molecule has 1 N–H and O–H groups in total. The first-order valence-electron chi connectivity index (χ1n) is 5.12. The summed E-state index contributed by atoms with van der Waals surface area (Å²) in [4.78, 5) is 0. The third-order valence-corrected chi connectivity index (χ3v) is 2.28. The Morgan fingerprint density at radius 2 is 2.31 bits per heavy atom. The number of furan rings is 1. The summed E-state index contributed by atoms with van der Waals surface area (Å²) in [5.41, 5.74) is 0. The molecule has 0 saturated carbocycles. The second kappa shape index (κ2) is 5.81. The Bertz CT molecular complexity index is 206. The Kier molecular flexibility index (Phi) is 4.61. The van der Waals surface area contributed by atoms with Gasteiger partial charge in [0.25, 0.3) is 0 Å². The molecule has 1 atom stereocenters. The lowest BCUT2D eigenvalue weighted by Crippen LogP contribution is -2.27. The molecule has 0 aliphatic rings. The van der Waals surface area contributed by atoms with E-state index in [0.29, 0.717) is 6.04 Å². The van der Waals surface area contributed by atoms with E-state index in [1.54, 1.807) is 6.26 Å². The Morgan fingerprint density at radius 3 is 2.85 bits per heavy atom. The minimum atomic E-state index is 0.634. The van der Waals surface area contributed by atoms with Crippen LogP contribution in [-0.4, -0.2) is 6.04 Å². The highest BCUT2D eigenvalue weighted by Gasteiger charge is 2.04. The minimum absolute atomic E-state index is 0.634. The molecular formula is C11H19NO. The number of hydrogen-bond acceptors (Lipinski definition) is 2. The van der Waals surface area contributed by atoms with Gasteiger partial charge < -0.3 is 9.73 Å². The zero-order chi connectivity index (χ0) is 9.52. The van der Waals surface area contributed by atoms with Crippen molar-refractivity contribution in [1.29, 1.82) is 0 Å². The number of nitrogens with one attached hydrogen (secondary N) is 1. The molecular weight excluding hydrogens is 162 g/mol. The second-order valence-corrected chi connectivity index (χ2v) is 3.35. The van der Waals surface area contributed by atoms with Crippen molar-refractivity contribution in [2.45, 2.75) is 45.7 Å². The van der Waals surface area contributed by atoms with Crippen LogP contribution >= 0.6 is 0 Å². The quantitative estimate of drug-likeness (QED) is 0.730. The fraction of sp³-hybridized carbons (Fsp3) is 0.636. The highest BCUT2D eigenvalue weighted by atomic mass is 16.3. The van der Waals surface area contributed by atoms with E-state index in [1.807, 2.05) is 12.1 Å². The van der Waals surface area contributed by atoms with Crippen molar-refractivity contribution in [2.24, 2.45) is 0 Å². The van der Waals surface area contributed by atoms with E-state index in [9.17, 15) is 0 Å². The second-order valence-electron chi connectivity index (χ2n) is 3.35. The van der Waals surface area contributed by atoms with Crippen molar-refractivity contribution in [3.63, 3.8) is 0 Å². The first kappa shape index (κ1) is 10.3. The Morgan fingerprint density at radius 1 is 1.46 bits per heavy atom. The van der Waals surface area contributed by atoms with Crippen LogP contribution in [0.4, 0.5) is 0 Å². The van der Waals surface area contributed by atoms with Crippen LogP contribution in [0.15, 0.2) is 22.8 Å². The molecule has 0 aliphatic heterocycles. The highest BCUT2D eigenvalue weighted by Crippen LogP contribution is 2.04. The molecule has 0 saturated heterocycles. The van der Waals surface area contributed by atoms with Gasteiger partial charge in [0.05, 0.1) is 12.8 Å². The lowest BCUT2D eigenvalue weighted by atomic mass is 10.1. The Balaban J connectivity index is 2.23. The summed E-state index contributed by atoms with van der Waals surface area (Å²) < 4.78 is 5.24. The zero-order valence-electron chi connectivity index (χ0n) is 8.55. The first-order valence-corrected chi connectivity index (χ1v) is 5.12. The minimum Gasteiger partial charge on any atom is -0.468 e. The molecule has 0 aromatic carbocycles. The van der Waals surface area contributed by atoms with Crippen LogP contribution in [0.5, 0.6) is 0 Å². The van der Waals surface area contributed by atoms with Gasteiger partial charge in [-0.25, -0.2) is 0 Å². The van der Waals surface area contributed by atoms with Crippen molar-refractivity contribution in [2.75, 3.05) is 0 Å². The molecule has 0 amide bonds. The summed E-state index contributed by atoms with van der Waals surface area (Å²) in [6.07, 6.45) is 5.40. The van der Waals surface area contributed by atoms with Crippen molar-refractivity contribution < 1.29 is 4.42 Å². The molecule has 1 rings (SSSR count). The van der Waals surface area contributed by atoms with E-state index in [-0.39, 0.29) is 0 Å². The van der Waals surface area contributed by atoms with Crippen molar-refractivity contribution >= 4 is 0 Å². The van der Waals surface area contributed by atoms with E-state index >= 15 is 0 Å². The van der Waals surface area contributed by atoms with Gasteiger partial charge in [-0.1, -0.05) is 20.3 Å². The first-order chi connectivity index (χ1) is 6.36. The highest BCUT2D eigenvalue weighted by molar-refractivity contribution is 4.97. The van der Waals surface area contributed by atoms with Gasteiger partial charge in [-0.3, -0.25) is 0 Å². The van der Waals surface area contributed by atoms with Crippen LogP contribution in [0.3, 0.4) is 0 Å². The summed E-state index contributed by atoms with van der Waals surface area (Å²) in [6.45, 7) is 5.29. The molecule has 0 spiro atoms. The van der Waals surface area contributed by atoms with Gasteiger partial charge in [0.1, 0.15) is 5.76 Å². The smallest absolute Gasteiger partial charge is 0.117 e. The molecule has 74 valence electrons. The zero-order valence-corrected chi connectivity index (χ0v) is 8.55. The maximum atomic E-state index is 5.24. The molecule has 2 heteroatoms. The third kappa shape index (κ3) is 3.64. The van der Waals surface area contributed by atoms with Gasteiger partial charge >= 0.3 is 0 Å². The van der Waals surface area contributed by atoms with Crippen LogP contribution in [0.2, 0.25) is 0 Å². The summed E-state index contributed by atoms with van der Waals surface area (Å²) in [7, 11) is 0. The van der Waals surface area contributed by atoms with Crippen molar-refractivity contribution in [3.8, 4) is 0 Å². The molecule has 0 bridgehead atoms. The molecule has 1 aromatic heterocycles. The van der Waals surface area contributed by atoms with Gasteiger partial charge in [-0.15, -0.1) is 0 Å². The van der Waals surface area contributed by atoms with E-state index in [4.69, 9.17) is 4.42 Å². The largest absolute Gasteiger partial charge is 0.468 e. The molecule has 0 radical (unpaired) electrons. The van der Waals surface area contributed by atoms with E-state index in [0.717, 1.165) is 12.3 Å². The normalized spacial score (nSPS) is 13.1. The molecule has 2 nitrogen and oxygen atoms in total. The lowest BCUT2D eigenvalue weighted by molar-refractivity contribution is 0.418. The van der Waals surface area contributed by atoms with E-state index < -0.39 is 0 Å². The van der Waals surface area contributed by atoms with Gasteiger partial charge in [0.15, 0.2) is 0 Å². The third-order valence-electron chi connectivity index (χ3n) is 2.28. The molecule has 1 unspecified atom stereocenters. The van der Waals surface area contributed by atoms with Gasteiger partial charge in [-0.05, 0) is 25.0 Å². The monoisotopic (exact) mass is 181 g/mol. The van der Waals surface area contributed by atoms with Crippen LogP contribution in [0.1, 0.15) is 38.9 Å². The summed E-state index contributed by atoms with van der Waals surface area (Å²) in [5.74, 6) is 1.02. The standard InChI is InChI=1S/C11H19NO/c1-3-6-10(4-2)12-9-11-7-5-8-13-11/h5,7-8,10,12H,3-4,6,9H2,1-2H3. The summed E-state index contributed by atoms with van der Waals surface area (Å²) in [5, 5.41) is 3.48. The predicted octanol–water partition coefficient (Wildman–Crippen LogP) is 2.95. The molecule has 13 heavy (non-hydrogen) atoms. The lowest BCUT2D eigenvalue weighted by Gasteiger charge is -2.14. The summed E-state index contributed by atoms with van der Waals surface area (Å²) >= 11 is 0. The van der Waals surface area contributed by atoms with Crippen LogP contribution < -0.4 is 5.32 Å². The van der Waals surface area contributed by atoms with Crippen LogP contribution in [0.25, 0.3) is 0 Å². The van der Waals surface area contributed by atoms with Gasteiger partial charge in [-0.2, -0.15) is 0 Å². The SMILES string of the molecule is CCCC(CC)NCc1ccco1. The van der Waals surface area contributed by atoms with Gasteiger partial charge in [0.2, 0.25) is 0 Å². The topological polar surface area (TPSA) is 25.2 Å². The van der Waals surface area contributed by atoms with Crippen LogP contribution in [-0.2, 0) is 6.54 Å². The maximum Gasteiger partial charge on any atom is 0.117 e.